The lowest BCUT2D eigenvalue weighted by atomic mass is 10.1. The Bertz CT molecular complexity index is 598. The SMILES string of the molecule is Cc1ccc2c(c1)C(NCCN1CCCS1(=O)=O)CC2. The minimum absolute atomic E-state index is 0.318. The van der Waals surface area contributed by atoms with Crippen LogP contribution in [0.4, 0.5) is 0 Å². The maximum Gasteiger partial charge on any atom is 0.214 e. The monoisotopic (exact) mass is 294 g/mol. The minimum Gasteiger partial charge on any atom is -0.309 e. The van der Waals surface area contributed by atoms with Crippen molar-refractivity contribution in [2.75, 3.05) is 25.4 Å². The third-order valence-electron chi connectivity index (χ3n) is 4.33. The number of fused-ring (bicyclic) bond motifs is 1. The second-order valence-corrected chi connectivity index (χ2v) is 7.90. The van der Waals surface area contributed by atoms with E-state index in [0.717, 1.165) is 25.8 Å². The van der Waals surface area contributed by atoms with Crippen molar-refractivity contribution in [3.05, 3.63) is 34.9 Å². The first kappa shape index (κ1) is 14.0. The Kier molecular flexibility index (Phi) is 3.84. The quantitative estimate of drug-likeness (QED) is 0.918. The number of benzene rings is 1. The Balaban J connectivity index is 1.57. The summed E-state index contributed by atoms with van der Waals surface area (Å²) in [6, 6.07) is 7.03. The number of nitrogens with one attached hydrogen (secondary N) is 1. The summed E-state index contributed by atoms with van der Waals surface area (Å²) in [7, 11) is -2.96. The molecule has 0 bridgehead atoms. The van der Waals surface area contributed by atoms with E-state index >= 15 is 0 Å². The topological polar surface area (TPSA) is 49.4 Å². The van der Waals surface area contributed by atoms with Crippen LogP contribution in [-0.2, 0) is 16.4 Å². The molecule has 1 aliphatic carbocycles. The number of hydrogen-bond acceptors (Lipinski definition) is 3. The molecule has 1 aliphatic heterocycles. The molecule has 4 nitrogen and oxygen atoms in total. The summed E-state index contributed by atoms with van der Waals surface area (Å²) in [5.41, 5.74) is 4.12. The van der Waals surface area contributed by atoms with Crippen LogP contribution >= 0.6 is 0 Å². The van der Waals surface area contributed by atoms with Crippen LogP contribution < -0.4 is 5.32 Å². The molecule has 1 N–H and O–H groups in total. The van der Waals surface area contributed by atoms with Crippen LogP contribution in [-0.4, -0.2) is 38.1 Å². The molecule has 0 spiro atoms. The molecule has 0 aromatic heterocycles. The summed E-state index contributed by atoms with van der Waals surface area (Å²) in [6.07, 6.45) is 3.01. The molecule has 1 aromatic rings. The van der Waals surface area contributed by atoms with E-state index in [1.54, 1.807) is 4.31 Å². The van der Waals surface area contributed by atoms with Crippen molar-refractivity contribution in [2.45, 2.75) is 32.2 Å². The number of nitrogens with zero attached hydrogens (tertiary/aromatic N) is 1. The highest BCUT2D eigenvalue weighted by Gasteiger charge is 2.28. The molecule has 1 heterocycles. The molecule has 1 unspecified atom stereocenters. The third kappa shape index (κ3) is 2.75. The predicted octanol–water partition coefficient (Wildman–Crippen LogP) is 1.61. The average Bonchev–Trinajstić information content (AvgIpc) is 2.94. The molecule has 1 fully saturated rings. The lowest BCUT2D eigenvalue weighted by molar-refractivity contribution is 0.415. The fourth-order valence-electron chi connectivity index (χ4n) is 3.24. The van der Waals surface area contributed by atoms with Gasteiger partial charge in [-0.1, -0.05) is 23.8 Å². The van der Waals surface area contributed by atoms with Gasteiger partial charge in [0.25, 0.3) is 0 Å². The first-order valence-electron chi connectivity index (χ1n) is 7.37. The molecule has 20 heavy (non-hydrogen) atoms. The van der Waals surface area contributed by atoms with E-state index in [0.29, 0.717) is 24.9 Å². The molecule has 0 saturated carbocycles. The Morgan fingerprint density at radius 1 is 1.40 bits per heavy atom. The number of rotatable bonds is 4. The highest BCUT2D eigenvalue weighted by atomic mass is 32.2. The summed E-state index contributed by atoms with van der Waals surface area (Å²) in [5.74, 6) is 0.318. The first-order valence-corrected chi connectivity index (χ1v) is 8.98. The zero-order valence-electron chi connectivity index (χ0n) is 11.9. The lowest BCUT2D eigenvalue weighted by Gasteiger charge is -2.18. The van der Waals surface area contributed by atoms with E-state index in [2.05, 4.69) is 30.4 Å². The smallest absolute Gasteiger partial charge is 0.214 e. The maximum absolute atomic E-state index is 11.7. The largest absolute Gasteiger partial charge is 0.309 e. The van der Waals surface area contributed by atoms with Gasteiger partial charge in [0.2, 0.25) is 10.0 Å². The molecule has 5 heteroatoms. The second-order valence-electron chi connectivity index (χ2n) is 5.82. The zero-order valence-corrected chi connectivity index (χ0v) is 12.7. The summed E-state index contributed by atoms with van der Waals surface area (Å²) < 4.78 is 25.1. The highest BCUT2D eigenvalue weighted by Crippen LogP contribution is 2.31. The molecular weight excluding hydrogens is 272 g/mol. The van der Waals surface area contributed by atoms with Gasteiger partial charge in [0.05, 0.1) is 5.75 Å². The van der Waals surface area contributed by atoms with Crippen molar-refractivity contribution in [2.24, 2.45) is 0 Å². The van der Waals surface area contributed by atoms with Crippen LogP contribution in [0.1, 0.15) is 35.6 Å². The van der Waals surface area contributed by atoms with Gasteiger partial charge in [0.15, 0.2) is 0 Å². The van der Waals surface area contributed by atoms with Crippen LogP contribution in [0.3, 0.4) is 0 Å². The first-order chi connectivity index (χ1) is 9.56. The standard InChI is InChI=1S/C15H22N2O2S/c1-12-3-4-13-5-6-15(14(13)11-12)16-7-9-17-8-2-10-20(17,18)19/h3-4,11,15-16H,2,5-10H2,1H3. The number of aryl methyl sites for hydroxylation is 2. The molecule has 110 valence electrons. The van der Waals surface area contributed by atoms with E-state index in [-0.39, 0.29) is 0 Å². The molecule has 0 radical (unpaired) electrons. The maximum atomic E-state index is 11.7. The van der Waals surface area contributed by atoms with Crippen molar-refractivity contribution in [3.63, 3.8) is 0 Å². The molecule has 1 aromatic carbocycles. The van der Waals surface area contributed by atoms with Crippen molar-refractivity contribution >= 4 is 10.0 Å². The van der Waals surface area contributed by atoms with E-state index in [1.807, 2.05) is 0 Å². The Morgan fingerprint density at radius 3 is 3.00 bits per heavy atom. The summed E-state index contributed by atoms with van der Waals surface area (Å²) in [4.78, 5) is 0. The van der Waals surface area contributed by atoms with Crippen LogP contribution in [0, 0.1) is 6.92 Å². The number of sulfonamides is 1. The van der Waals surface area contributed by atoms with Crippen molar-refractivity contribution in [3.8, 4) is 0 Å². The number of hydrogen-bond donors (Lipinski definition) is 1. The van der Waals surface area contributed by atoms with Gasteiger partial charge >= 0.3 is 0 Å². The molecule has 1 atom stereocenters. The molecular formula is C15H22N2O2S. The fraction of sp³-hybridized carbons (Fsp3) is 0.600. The van der Waals surface area contributed by atoms with E-state index in [1.165, 1.54) is 16.7 Å². The summed E-state index contributed by atoms with van der Waals surface area (Å²) >= 11 is 0. The van der Waals surface area contributed by atoms with E-state index in [9.17, 15) is 8.42 Å². The third-order valence-corrected chi connectivity index (χ3v) is 6.29. The van der Waals surface area contributed by atoms with Gasteiger partial charge in [-0.25, -0.2) is 12.7 Å². The normalized spacial score (nSPS) is 24.9. The van der Waals surface area contributed by atoms with Crippen LogP contribution in [0.5, 0.6) is 0 Å². The molecule has 2 aliphatic rings. The van der Waals surface area contributed by atoms with Crippen LogP contribution in [0.2, 0.25) is 0 Å². The van der Waals surface area contributed by atoms with Gasteiger partial charge in [-0.3, -0.25) is 0 Å². The van der Waals surface area contributed by atoms with Gasteiger partial charge in [-0.2, -0.15) is 0 Å². The van der Waals surface area contributed by atoms with Crippen molar-refractivity contribution in [1.82, 2.24) is 9.62 Å². The fourth-order valence-corrected chi connectivity index (χ4v) is 4.77. The predicted molar refractivity (Wildman–Crippen MR) is 80.2 cm³/mol. The molecule has 3 rings (SSSR count). The van der Waals surface area contributed by atoms with Gasteiger partial charge < -0.3 is 5.32 Å². The molecule has 1 saturated heterocycles. The van der Waals surface area contributed by atoms with E-state index in [4.69, 9.17) is 0 Å². The Hall–Kier alpha value is -0.910. The van der Waals surface area contributed by atoms with Crippen LogP contribution in [0.25, 0.3) is 0 Å². The lowest BCUT2D eigenvalue weighted by Crippen LogP contribution is -2.34. The van der Waals surface area contributed by atoms with Crippen LogP contribution in [0.15, 0.2) is 18.2 Å². The minimum atomic E-state index is -2.96. The van der Waals surface area contributed by atoms with Crippen molar-refractivity contribution in [1.29, 1.82) is 0 Å². The van der Waals surface area contributed by atoms with Crippen molar-refractivity contribution < 1.29 is 8.42 Å². The Morgan fingerprint density at radius 2 is 2.25 bits per heavy atom. The van der Waals surface area contributed by atoms with Gasteiger partial charge in [0, 0.05) is 25.7 Å². The Labute approximate surface area is 121 Å². The summed E-state index contributed by atoms with van der Waals surface area (Å²) in [6.45, 7) is 4.13. The molecule has 0 amide bonds. The van der Waals surface area contributed by atoms with E-state index < -0.39 is 10.0 Å². The highest BCUT2D eigenvalue weighted by molar-refractivity contribution is 7.89. The average molecular weight is 294 g/mol. The van der Waals surface area contributed by atoms with Gasteiger partial charge in [0.1, 0.15) is 0 Å². The van der Waals surface area contributed by atoms with Gasteiger partial charge in [-0.05, 0) is 37.3 Å². The summed E-state index contributed by atoms with van der Waals surface area (Å²) in [5, 5.41) is 3.52. The second kappa shape index (κ2) is 5.47. The van der Waals surface area contributed by atoms with Gasteiger partial charge in [-0.15, -0.1) is 0 Å². The zero-order chi connectivity index (χ0) is 14.2.